The van der Waals surface area contributed by atoms with Gasteiger partial charge in [-0.25, -0.2) is 8.77 Å². The molecule has 1 aromatic heterocycles. The third kappa shape index (κ3) is 1.61. The molecule has 0 spiro atoms. The fraction of sp³-hybridized carbons (Fsp3) is 0.429. The molecule has 0 saturated heterocycles. The van der Waals surface area contributed by atoms with Crippen molar-refractivity contribution in [1.82, 2.24) is 8.54 Å². The number of aromatic nitrogens is 2. The van der Waals surface area contributed by atoms with Crippen LogP contribution in [0.1, 0.15) is 13.3 Å². The minimum atomic E-state index is -0.382. The van der Waals surface area contributed by atoms with E-state index >= 15 is 0 Å². The SMILES string of the molecule is CCCn1c(=O)ccn(S)c1=O. The van der Waals surface area contributed by atoms with E-state index in [9.17, 15) is 9.59 Å². The van der Waals surface area contributed by atoms with Gasteiger partial charge in [-0.2, -0.15) is 0 Å². The van der Waals surface area contributed by atoms with Crippen LogP contribution in [0.5, 0.6) is 0 Å². The quantitative estimate of drug-likeness (QED) is 0.666. The molecule has 0 saturated carbocycles. The Morgan fingerprint density at radius 3 is 2.75 bits per heavy atom. The maximum atomic E-state index is 11.2. The average molecular weight is 186 g/mol. The minimum Gasteiger partial charge on any atom is -0.269 e. The molecule has 1 heterocycles. The van der Waals surface area contributed by atoms with Crippen LogP contribution in [0.3, 0.4) is 0 Å². The van der Waals surface area contributed by atoms with Crippen LogP contribution in [0, 0.1) is 0 Å². The molecule has 0 bridgehead atoms. The maximum absolute atomic E-state index is 11.2. The van der Waals surface area contributed by atoms with Gasteiger partial charge in [0.05, 0.1) is 0 Å². The topological polar surface area (TPSA) is 44.0 Å². The molecule has 0 amide bonds. The summed E-state index contributed by atoms with van der Waals surface area (Å²) < 4.78 is 2.25. The Labute approximate surface area is 75.0 Å². The first-order valence-corrected chi connectivity index (χ1v) is 4.08. The zero-order chi connectivity index (χ0) is 9.14. The Bertz CT molecular complexity index is 380. The molecule has 12 heavy (non-hydrogen) atoms. The summed E-state index contributed by atoms with van der Waals surface area (Å²) in [7, 11) is 0. The lowest BCUT2D eigenvalue weighted by molar-refractivity contribution is 0.609. The fourth-order valence-corrected chi connectivity index (χ4v) is 1.11. The Kier molecular flexibility index (Phi) is 2.75. The van der Waals surface area contributed by atoms with Gasteiger partial charge in [0.1, 0.15) is 0 Å². The highest BCUT2D eigenvalue weighted by molar-refractivity contribution is 7.78. The molecule has 0 aliphatic carbocycles. The van der Waals surface area contributed by atoms with Crippen molar-refractivity contribution >= 4 is 12.8 Å². The summed E-state index contributed by atoms with van der Waals surface area (Å²) in [6, 6.07) is 1.32. The third-order valence-corrected chi connectivity index (χ3v) is 1.80. The molecule has 0 atom stereocenters. The van der Waals surface area contributed by atoms with Crippen molar-refractivity contribution in [3.8, 4) is 0 Å². The second kappa shape index (κ2) is 3.62. The second-order valence-electron chi connectivity index (χ2n) is 2.43. The van der Waals surface area contributed by atoms with E-state index in [0.717, 1.165) is 15.0 Å². The first-order chi connectivity index (χ1) is 5.66. The highest BCUT2D eigenvalue weighted by Gasteiger charge is 2.00. The molecular formula is C7H10N2O2S. The predicted octanol–water partition coefficient (Wildman–Crippen LogP) is 0.113. The van der Waals surface area contributed by atoms with Crippen molar-refractivity contribution in [1.29, 1.82) is 0 Å². The number of hydrogen-bond donors (Lipinski definition) is 1. The lowest BCUT2D eigenvalue weighted by Crippen LogP contribution is -2.36. The van der Waals surface area contributed by atoms with Crippen molar-refractivity contribution in [3.05, 3.63) is 33.1 Å². The van der Waals surface area contributed by atoms with Crippen LogP contribution in [0.2, 0.25) is 0 Å². The van der Waals surface area contributed by atoms with E-state index in [4.69, 9.17) is 0 Å². The zero-order valence-corrected chi connectivity index (χ0v) is 7.62. The lowest BCUT2D eigenvalue weighted by atomic mass is 10.5. The van der Waals surface area contributed by atoms with Crippen LogP contribution in [-0.2, 0) is 6.54 Å². The van der Waals surface area contributed by atoms with Crippen LogP contribution in [0.4, 0.5) is 0 Å². The molecule has 0 fully saturated rings. The van der Waals surface area contributed by atoms with Crippen LogP contribution in [0.15, 0.2) is 21.9 Å². The van der Waals surface area contributed by atoms with Crippen LogP contribution in [0.25, 0.3) is 0 Å². The van der Waals surface area contributed by atoms with Gasteiger partial charge in [0, 0.05) is 18.8 Å². The second-order valence-corrected chi connectivity index (χ2v) is 2.86. The van der Waals surface area contributed by atoms with E-state index in [0.29, 0.717) is 6.54 Å². The monoisotopic (exact) mass is 186 g/mol. The van der Waals surface area contributed by atoms with E-state index in [-0.39, 0.29) is 11.2 Å². The van der Waals surface area contributed by atoms with Crippen LogP contribution in [-0.4, -0.2) is 8.54 Å². The van der Waals surface area contributed by atoms with E-state index in [1.165, 1.54) is 12.3 Å². The number of rotatable bonds is 2. The molecule has 1 rings (SSSR count). The van der Waals surface area contributed by atoms with Crippen molar-refractivity contribution in [2.24, 2.45) is 0 Å². The molecule has 5 heteroatoms. The van der Waals surface area contributed by atoms with Crippen LogP contribution < -0.4 is 11.2 Å². The molecular weight excluding hydrogens is 176 g/mol. The lowest BCUT2D eigenvalue weighted by Gasteiger charge is -2.02. The van der Waals surface area contributed by atoms with E-state index in [1.54, 1.807) is 0 Å². The summed E-state index contributed by atoms with van der Waals surface area (Å²) in [5, 5.41) is 0. The fourth-order valence-electron chi connectivity index (χ4n) is 0.935. The van der Waals surface area contributed by atoms with Gasteiger partial charge in [-0.15, -0.1) is 0 Å². The molecule has 0 unspecified atom stereocenters. The van der Waals surface area contributed by atoms with Crippen LogP contribution >= 0.6 is 12.8 Å². The van der Waals surface area contributed by atoms with E-state index < -0.39 is 0 Å². The van der Waals surface area contributed by atoms with Gasteiger partial charge in [-0.3, -0.25) is 9.36 Å². The molecule has 1 aromatic rings. The first kappa shape index (κ1) is 9.12. The minimum absolute atomic E-state index is 0.271. The third-order valence-electron chi connectivity index (χ3n) is 1.50. The smallest absolute Gasteiger partial charge is 0.269 e. The number of hydrogen-bond acceptors (Lipinski definition) is 3. The van der Waals surface area contributed by atoms with Gasteiger partial charge in [-0.1, -0.05) is 19.7 Å². The standard InChI is InChI=1S/C7H10N2O2S/c1-2-4-8-6(10)3-5-9(12)7(8)11/h3,5,12H,2,4H2,1H3. The summed E-state index contributed by atoms with van der Waals surface area (Å²) in [5.41, 5.74) is -0.653. The number of thiol groups is 1. The molecule has 0 N–H and O–H groups in total. The Balaban J connectivity index is 3.34. The largest absolute Gasteiger partial charge is 0.340 e. The number of nitrogens with zero attached hydrogens (tertiary/aromatic N) is 2. The first-order valence-electron chi connectivity index (χ1n) is 3.68. The Hall–Kier alpha value is -0.970. The van der Waals surface area contributed by atoms with Gasteiger partial charge in [0.15, 0.2) is 0 Å². The molecule has 0 aliphatic heterocycles. The van der Waals surface area contributed by atoms with Crippen molar-refractivity contribution < 1.29 is 0 Å². The van der Waals surface area contributed by atoms with Gasteiger partial charge in [0.2, 0.25) is 0 Å². The van der Waals surface area contributed by atoms with Crippen molar-refractivity contribution in [2.45, 2.75) is 19.9 Å². The van der Waals surface area contributed by atoms with Crippen molar-refractivity contribution in [3.63, 3.8) is 0 Å². The predicted molar refractivity (Wildman–Crippen MR) is 49.6 cm³/mol. The zero-order valence-electron chi connectivity index (χ0n) is 6.73. The summed E-state index contributed by atoms with van der Waals surface area (Å²) in [5.74, 6) is 0. The normalized spacial score (nSPS) is 10.2. The molecule has 0 aliphatic rings. The summed E-state index contributed by atoms with van der Waals surface area (Å²) in [6.07, 6.45) is 2.10. The van der Waals surface area contributed by atoms with E-state index in [2.05, 4.69) is 12.8 Å². The molecule has 0 radical (unpaired) electrons. The average Bonchev–Trinajstić information content (AvgIpc) is 2.06. The highest BCUT2D eigenvalue weighted by atomic mass is 32.1. The van der Waals surface area contributed by atoms with Gasteiger partial charge >= 0.3 is 5.69 Å². The van der Waals surface area contributed by atoms with Crippen molar-refractivity contribution in [2.75, 3.05) is 0 Å². The van der Waals surface area contributed by atoms with E-state index in [1.807, 2.05) is 6.92 Å². The summed E-state index contributed by atoms with van der Waals surface area (Å²) >= 11 is 3.85. The molecule has 66 valence electrons. The van der Waals surface area contributed by atoms with Gasteiger partial charge < -0.3 is 0 Å². The summed E-state index contributed by atoms with van der Waals surface area (Å²) in [6.45, 7) is 2.35. The maximum Gasteiger partial charge on any atom is 0.340 e. The Morgan fingerprint density at radius 2 is 2.17 bits per heavy atom. The Morgan fingerprint density at radius 1 is 1.50 bits per heavy atom. The molecule has 0 aromatic carbocycles. The molecule has 4 nitrogen and oxygen atoms in total. The van der Waals surface area contributed by atoms with Gasteiger partial charge in [-0.05, 0) is 6.42 Å². The van der Waals surface area contributed by atoms with Gasteiger partial charge in [0.25, 0.3) is 5.56 Å². The summed E-state index contributed by atoms with van der Waals surface area (Å²) in [4.78, 5) is 22.3. The highest BCUT2D eigenvalue weighted by Crippen LogP contribution is 1.82.